The molecule has 1 aliphatic rings. The van der Waals surface area contributed by atoms with Crippen LogP contribution in [0.5, 0.6) is 0 Å². The van der Waals surface area contributed by atoms with Crippen molar-refractivity contribution < 1.29 is 5.11 Å². The third kappa shape index (κ3) is 2.85. The van der Waals surface area contributed by atoms with Gasteiger partial charge in [-0.25, -0.2) is 0 Å². The number of rotatable bonds is 3. The molecule has 2 aromatic rings. The lowest BCUT2D eigenvalue weighted by molar-refractivity contribution is 0.285. The molecule has 1 aliphatic heterocycles. The first kappa shape index (κ1) is 13.5. The van der Waals surface area contributed by atoms with Gasteiger partial charge in [-0.1, -0.05) is 0 Å². The Morgan fingerprint density at radius 1 is 1.25 bits per heavy atom. The Labute approximate surface area is 123 Å². The first-order valence-corrected chi connectivity index (χ1v) is 7.72. The van der Waals surface area contributed by atoms with E-state index in [0.717, 1.165) is 42.3 Å². The zero-order valence-electron chi connectivity index (χ0n) is 11.6. The molecule has 0 bridgehead atoms. The topological polar surface area (TPSA) is 39.6 Å². The molecule has 0 aromatic carbocycles. The van der Waals surface area contributed by atoms with Crippen molar-refractivity contribution in [3.63, 3.8) is 0 Å². The maximum absolute atomic E-state index is 9.16. The molecule has 1 N–H and O–H groups in total. The molecule has 0 aliphatic carbocycles. The van der Waals surface area contributed by atoms with E-state index in [1.54, 1.807) is 11.3 Å². The van der Waals surface area contributed by atoms with Crippen LogP contribution in [0.1, 0.15) is 4.88 Å². The highest BCUT2D eigenvalue weighted by molar-refractivity contribution is 7.10. The SMILES string of the molecule is CN1CCN(c2ccnc(-c3csc(CO)c3)c2)CC1. The molecule has 106 valence electrons. The Morgan fingerprint density at radius 2 is 2.05 bits per heavy atom. The van der Waals surface area contributed by atoms with E-state index in [2.05, 4.69) is 39.3 Å². The lowest BCUT2D eigenvalue weighted by Crippen LogP contribution is -2.44. The van der Waals surface area contributed by atoms with E-state index >= 15 is 0 Å². The van der Waals surface area contributed by atoms with Gasteiger partial charge < -0.3 is 14.9 Å². The van der Waals surface area contributed by atoms with Crippen molar-refractivity contribution >= 4 is 17.0 Å². The van der Waals surface area contributed by atoms with Gasteiger partial charge >= 0.3 is 0 Å². The maximum Gasteiger partial charge on any atom is 0.0774 e. The Kier molecular flexibility index (Phi) is 4.00. The fourth-order valence-electron chi connectivity index (χ4n) is 2.44. The van der Waals surface area contributed by atoms with Crippen molar-refractivity contribution in [2.45, 2.75) is 6.61 Å². The molecule has 3 heterocycles. The molecule has 3 rings (SSSR count). The Balaban J connectivity index is 1.82. The van der Waals surface area contributed by atoms with Gasteiger partial charge in [0.2, 0.25) is 0 Å². The van der Waals surface area contributed by atoms with Gasteiger partial charge in [-0.3, -0.25) is 4.98 Å². The van der Waals surface area contributed by atoms with Gasteiger partial charge in [0, 0.05) is 53.9 Å². The average molecular weight is 289 g/mol. The minimum atomic E-state index is 0.100. The highest BCUT2D eigenvalue weighted by atomic mass is 32.1. The molecule has 0 radical (unpaired) electrons. The van der Waals surface area contributed by atoms with Gasteiger partial charge in [-0.2, -0.15) is 0 Å². The third-order valence-corrected chi connectivity index (χ3v) is 4.64. The van der Waals surface area contributed by atoms with Gasteiger partial charge in [-0.05, 0) is 25.2 Å². The number of hydrogen-bond acceptors (Lipinski definition) is 5. The second-order valence-electron chi connectivity index (χ2n) is 5.15. The number of aromatic nitrogens is 1. The fourth-order valence-corrected chi connectivity index (χ4v) is 3.17. The number of likely N-dealkylation sites (N-methyl/N-ethyl adjacent to an activating group) is 1. The number of thiophene rings is 1. The van der Waals surface area contributed by atoms with Gasteiger partial charge in [0.05, 0.1) is 12.3 Å². The van der Waals surface area contributed by atoms with Gasteiger partial charge in [-0.15, -0.1) is 11.3 Å². The Hall–Kier alpha value is -1.43. The molecule has 0 amide bonds. The summed E-state index contributed by atoms with van der Waals surface area (Å²) >= 11 is 1.58. The van der Waals surface area contributed by atoms with Crippen LogP contribution >= 0.6 is 11.3 Å². The van der Waals surface area contributed by atoms with Crippen LogP contribution < -0.4 is 4.90 Å². The number of aliphatic hydroxyl groups is 1. The summed E-state index contributed by atoms with van der Waals surface area (Å²) in [6, 6.07) is 6.24. The molecule has 1 saturated heterocycles. The summed E-state index contributed by atoms with van der Waals surface area (Å²) in [5, 5.41) is 11.2. The van der Waals surface area contributed by atoms with Gasteiger partial charge in [0.1, 0.15) is 0 Å². The number of hydrogen-bond donors (Lipinski definition) is 1. The first-order valence-electron chi connectivity index (χ1n) is 6.84. The van der Waals surface area contributed by atoms with E-state index in [-0.39, 0.29) is 6.61 Å². The predicted molar refractivity (Wildman–Crippen MR) is 83.2 cm³/mol. The van der Waals surface area contributed by atoms with Crippen LogP contribution in [0.3, 0.4) is 0 Å². The molecule has 20 heavy (non-hydrogen) atoms. The van der Waals surface area contributed by atoms with E-state index in [1.165, 1.54) is 5.69 Å². The molecular weight excluding hydrogens is 270 g/mol. The molecule has 4 nitrogen and oxygen atoms in total. The molecule has 1 fully saturated rings. The lowest BCUT2D eigenvalue weighted by Gasteiger charge is -2.34. The second-order valence-corrected chi connectivity index (χ2v) is 6.15. The third-order valence-electron chi connectivity index (χ3n) is 3.72. The summed E-state index contributed by atoms with van der Waals surface area (Å²) in [7, 11) is 2.16. The number of anilines is 1. The Morgan fingerprint density at radius 3 is 2.75 bits per heavy atom. The number of pyridine rings is 1. The van der Waals surface area contributed by atoms with Crippen LogP contribution in [-0.4, -0.2) is 48.2 Å². The van der Waals surface area contributed by atoms with E-state index < -0.39 is 0 Å². The number of aliphatic hydroxyl groups excluding tert-OH is 1. The highest BCUT2D eigenvalue weighted by Crippen LogP contribution is 2.27. The van der Waals surface area contributed by atoms with Crippen LogP contribution in [0.15, 0.2) is 29.8 Å². The number of piperazine rings is 1. The monoisotopic (exact) mass is 289 g/mol. The van der Waals surface area contributed by atoms with Crippen LogP contribution in [-0.2, 0) is 6.61 Å². The molecular formula is C15H19N3OS. The van der Waals surface area contributed by atoms with E-state index in [4.69, 9.17) is 5.11 Å². The van der Waals surface area contributed by atoms with E-state index in [0.29, 0.717) is 0 Å². The van der Waals surface area contributed by atoms with Gasteiger partial charge in [0.25, 0.3) is 0 Å². The minimum Gasteiger partial charge on any atom is -0.391 e. The quantitative estimate of drug-likeness (QED) is 0.939. The fraction of sp³-hybridized carbons (Fsp3) is 0.400. The second kappa shape index (κ2) is 5.91. The lowest BCUT2D eigenvalue weighted by atomic mass is 10.2. The molecule has 5 heteroatoms. The zero-order chi connectivity index (χ0) is 13.9. The first-order chi connectivity index (χ1) is 9.76. The predicted octanol–water partition coefficient (Wildman–Crippen LogP) is 2.05. The van der Waals surface area contributed by atoms with Crippen molar-refractivity contribution in [1.29, 1.82) is 0 Å². The molecule has 0 saturated carbocycles. The summed E-state index contributed by atoms with van der Waals surface area (Å²) in [4.78, 5) is 10.2. The van der Waals surface area contributed by atoms with Crippen LogP contribution in [0.4, 0.5) is 5.69 Å². The summed E-state index contributed by atoms with van der Waals surface area (Å²) in [6.45, 7) is 4.43. The van der Waals surface area contributed by atoms with Crippen molar-refractivity contribution in [3.8, 4) is 11.3 Å². The normalized spacial score (nSPS) is 16.6. The summed E-state index contributed by atoms with van der Waals surface area (Å²) in [6.07, 6.45) is 1.87. The summed E-state index contributed by atoms with van der Waals surface area (Å²) in [5.74, 6) is 0. The van der Waals surface area contributed by atoms with Crippen molar-refractivity contribution in [2.24, 2.45) is 0 Å². The average Bonchev–Trinajstić information content (AvgIpc) is 2.97. The van der Waals surface area contributed by atoms with E-state index in [9.17, 15) is 0 Å². The van der Waals surface area contributed by atoms with Crippen molar-refractivity contribution in [2.75, 3.05) is 38.1 Å². The van der Waals surface area contributed by atoms with Crippen LogP contribution in [0.25, 0.3) is 11.3 Å². The minimum absolute atomic E-state index is 0.100. The summed E-state index contributed by atoms with van der Waals surface area (Å²) in [5.41, 5.74) is 3.31. The maximum atomic E-state index is 9.16. The van der Waals surface area contributed by atoms with Crippen molar-refractivity contribution in [3.05, 3.63) is 34.7 Å². The standard InChI is InChI=1S/C15H19N3OS/c1-17-4-6-18(7-5-17)13-2-3-16-15(9-13)12-8-14(10-19)20-11-12/h2-3,8-9,11,19H,4-7,10H2,1H3. The smallest absolute Gasteiger partial charge is 0.0774 e. The molecule has 2 aromatic heterocycles. The largest absolute Gasteiger partial charge is 0.391 e. The number of nitrogens with zero attached hydrogens (tertiary/aromatic N) is 3. The summed E-state index contributed by atoms with van der Waals surface area (Å²) < 4.78 is 0. The van der Waals surface area contributed by atoms with E-state index in [1.807, 2.05) is 12.3 Å². The molecule has 0 atom stereocenters. The highest BCUT2D eigenvalue weighted by Gasteiger charge is 2.15. The van der Waals surface area contributed by atoms with Crippen LogP contribution in [0.2, 0.25) is 0 Å². The zero-order valence-corrected chi connectivity index (χ0v) is 12.4. The molecule has 0 unspecified atom stereocenters. The molecule has 0 spiro atoms. The van der Waals surface area contributed by atoms with Crippen LogP contribution in [0, 0.1) is 0 Å². The van der Waals surface area contributed by atoms with Crippen molar-refractivity contribution in [1.82, 2.24) is 9.88 Å². The van der Waals surface area contributed by atoms with Gasteiger partial charge in [0.15, 0.2) is 0 Å². The Bertz CT molecular complexity index is 576.